The maximum atomic E-state index is 11.4. The molecule has 3 nitrogen and oxygen atoms in total. The fourth-order valence-corrected chi connectivity index (χ4v) is 2.81. The summed E-state index contributed by atoms with van der Waals surface area (Å²) in [4.78, 5) is 24.9. The molecule has 0 bridgehead atoms. The molecule has 0 radical (unpaired) electrons. The Labute approximate surface area is 114 Å². The van der Waals surface area contributed by atoms with Gasteiger partial charge in [-0.2, -0.15) is 0 Å². The monoisotopic (exact) mass is 259 g/mol. The average Bonchev–Trinajstić information content (AvgIpc) is 2.49. The van der Waals surface area contributed by atoms with Gasteiger partial charge >= 0.3 is 0 Å². The van der Waals surface area contributed by atoms with Crippen molar-refractivity contribution in [3.05, 3.63) is 35.9 Å². The zero-order chi connectivity index (χ0) is 13.5. The summed E-state index contributed by atoms with van der Waals surface area (Å²) in [5.74, 6) is -0.238. The first-order valence-electron chi connectivity index (χ1n) is 7.03. The van der Waals surface area contributed by atoms with Crippen molar-refractivity contribution in [3.63, 3.8) is 0 Å². The van der Waals surface area contributed by atoms with Crippen molar-refractivity contribution in [2.45, 2.75) is 31.7 Å². The molecule has 1 aliphatic rings. The first kappa shape index (κ1) is 13.9. The molecule has 3 heteroatoms. The Morgan fingerprint density at radius 3 is 2.26 bits per heavy atom. The molecule has 1 aromatic rings. The lowest BCUT2D eigenvalue weighted by Crippen LogP contribution is -2.45. The number of nitrogens with zero attached hydrogens (tertiary/aromatic N) is 1. The highest BCUT2D eigenvalue weighted by molar-refractivity contribution is 5.68. The molecule has 102 valence electrons. The molecular formula is C16H21NO2. The second-order valence-electron chi connectivity index (χ2n) is 5.21. The van der Waals surface area contributed by atoms with Crippen LogP contribution in [0.5, 0.6) is 0 Å². The predicted octanol–water partition coefficient (Wildman–Crippen LogP) is 2.10. The highest BCUT2D eigenvalue weighted by Gasteiger charge is 2.28. The topological polar surface area (TPSA) is 37.4 Å². The third-order valence-corrected chi connectivity index (χ3v) is 3.88. The zero-order valence-corrected chi connectivity index (χ0v) is 11.2. The van der Waals surface area contributed by atoms with Gasteiger partial charge in [-0.3, -0.25) is 4.90 Å². The molecule has 1 saturated heterocycles. The van der Waals surface area contributed by atoms with Gasteiger partial charge in [-0.15, -0.1) is 0 Å². The molecule has 1 fully saturated rings. The van der Waals surface area contributed by atoms with Crippen LogP contribution in [0.1, 0.15) is 24.8 Å². The van der Waals surface area contributed by atoms with E-state index in [0.29, 0.717) is 6.42 Å². The van der Waals surface area contributed by atoms with Crippen molar-refractivity contribution in [2.75, 3.05) is 13.1 Å². The van der Waals surface area contributed by atoms with E-state index in [-0.39, 0.29) is 12.0 Å². The van der Waals surface area contributed by atoms with E-state index in [9.17, 15) is 9.59 Å². The molecule has 0 spiro atoms. The number of rotatable bonds is 6. The quantitative estimate of drug-likeness (QED) is 0.734. The summed E-state index contributed by atoms with van der Waals surface area (Å²) in [6.07, 6.45) is 6.02. The highest BCUT2D eigenvalue weighted by atomic mass is 16.1. The Hall–Kier alpha value is -1.48. The van der Waals surface area contributed by atoms with Gasteiger partial charge in [-0.25, -0.2) is 0 Å². The fraction of sp³-hybridized carbons (Fsp3) is 0.500. The minimum atomic E-state index is -0.266. The molecule has 19 heavy (non-hydrogen) atoms. The largest absolute Gasteiger partial charge is 0.303 e. The molecule has 1 heterocycles. The summed E-state index contributed by atoms with van der Waals surface area (Å²) in [6.45, 7) is 1.87. The van der Waals surface area contributed by atoms with E-state index in [1.165, 1.54) is 6.42 Å². The highest BCUT2D eigenvalue weighted by Crippen LogP contribution is 2.18. The molecule has 0 aliphatic carbocycles. The van der Waals surface area contributed by atoms with Crippen LogP contribution < -0.4 is 0 Å². The summed E-state index contributed by atoms with van der Waals surface area (Å²) in [5.41, 5.74) is 1.11. The molecule has 2 unspecified atom stereocenters. The van der Waals surface area contributed by atoms with Gasteiger partial charge in [-0.1, -0.05) is 36.8 Å². The Morgan fingerprint density at radius 1 is 1.00 bits per heavy atom. The lowest BCUT2D eigenvalue weighted by atomic mass is 9.92. The number of hydrogen-bond acceptors (Lipinski definition) is 3. The maximum Gasteiger partial charge on any atom is 0.137 e. The maximum absolute atomic E-state index is 11.4. The molecule has 1 aromatic carbocycles. The lowest BCUT2D eigenvalue weighted by Gasteiger charge is -2.34. The molecule has 2 rings (SSSR count). The van der Waals surface area contributed by atoms with Crippen LogP contribution in [-0.2, 0) is 16.0 Å². The number of likely N-dealkylation sites (tertiary alicyclic amines) is 1. The fourth-order valence-electron chi connectivity index (χ4n) is 2.81. The number of benzene rings is 1. The van der Waals surface area contributed by atoms with Crippen molar-refractivity contribution < 1.29 is 9.59 Å². The first-order chi connectivity index (χ1) is 9.35. The Kier molecular flexibility index (Phi) is 5.28. The van der Waals surface area contributed by atoms with Crippen LogP contribution in [0.4, 0.5) is 0 Å². The van der Waals surface area contributed by atoms with Crippen LogP contribution in [-0.4, -0.2) is 36.6 Å². The predicted molar refractivity (Wildman–Crippen MR) is 75.0 cm³/mol. The van der Waals surface area contributed by atoms with Crippen LogP contribution in [0.3, 0.4) is 0 Å². The average molecular weight is 259 g/mol. The van der Waals surface area contributed by atoms with Gasteiger partial charge in [0.15, 0.2) is 0 Å². The van der Waals surface area contributed by atoms with Gasteiger partial charge < -0.3 is 9.59 Å². The third-order valence-electron chi connectivity index (χ3n) is 3.88. The van der Waals surface area contributed by atoms with Crippen LogP contribution in [0.25, 0.3) is 0 Å². The van der Waals surface area contributed by atoms with Crippen molar-refractivity contribution in [2.24, 2.45) is 5.92 Å². The van der Waals surface area contributed by atoms with Crippen molar-refractivity contribution in [1.29, 1.82) is 0 Å². The Morgan fingerprint density at radius 2 is 1.68 bits per heavy atom. The van der Waals surface area contributed by atoms with E-state index >= 15 is 0 Å². The molecular weight excluding hydrogens is 238 g/mol. The molecule has 2 atom stereocenters. The standard InChI is InChI=1S/C16H21NO2/c18-12-15(11-14-7-3-1-4-8-14)16(13-19)17-9-5-2-6-10-17/h1,3-4,7-8,12-13,15-16H,2,5-6,9-11H2. The summed E-state index contributed by atoms with van der Waals surface area (Å²) >= 11 is 0. The summed E-state index contributed by atoms with van der Waals surface area (Å²) in [7, 11) is 0. The smallest absolute Gasteiger partial charge is 0.137 e. The van der Waals surface area contributed by atoms with Crippen molar-refractivity contribution in [3.8, 4) is 0 Å². The number of piperidine rings is 1. The van der Waals surface area contributed by atoms with Gasteiger partial charge in [0.2, 0.25) is 0 Å². The lowest BCUT2D eigenvalue weighted by molar-refractivity contribution is -0.121. The van der Waals surface area contributed by atoms with Crippen LogP contribution in [0.15, 0.2) is 30.3 Å². The zero-order valence-electron chi connectivity index (χ0n) is 11.2. The summed E-state index contributed by atoms with van der Waals surface area (Å²) in [6, 6.07) is 9.64. The summed E-state index contributed by atoms with van der Waals surface area (Å²) in [5, 5.41) is 0. The molecule has 0 N–H and O–H groups in total. The van der Waals surface area contributed by atoms with Crippen LogP contribution in [0, 0.1) is 5.92 Å². The van der Waals surface area contributed by atoms with Crippen LogP contribution in [0.2, 0.25) is 0 Å². The number of carbonyl (C=O) groups is 2. The molecule has 0 amide bonds. The van der Waals surface area contributed by atoms with E-state index in [1.54, 1.807) is 0 Å². The first-order valence-corrected chi connectivity index (χ1v) is 7.03. The van der Waals surface area contributed by atoms with Gasteiger partial charge in [0, 0.05) is 5.92 Å². The SMILES string of the molecule is O=CC(Cc1ccccc1)C(C=O)N1CCCCC1. The molecule has 0 aromatic heterocycles. The third kappa shape index (κ3) is 3.74. The molecule has 1 aliphatic heterocycles. The van der Waals surface area contributed by atoms with E-state index in [1.807, 2.05) is 30.3 Å². The van der Waals surface area contributed by atoms with Gasteiger partial charge in [0.05, 0.1) is 6.04 Å². The van der Waals surface area contributed by atoms with Gasteiger partial charge in [0.25, 0.3) is 0 Å². The minimum absolute atomic E-state index is 0.238. The second-order valence-corrected chi connectivity index (χ2v) is 5.21. The summed E-state index contributed by atoms with van der Waals surface area (Å²) < 4.78 is 0. The van der Waals surface area contributed by atoms with E-state index < -0.39 is 0 Å². The van der Waals surface area contributed by atoms with E-state index in [4.69, 9.17) is 0 Å². The van der Waals surface area contributed by atoms with Gasteiger partial charge in [0.1, 0.15) is 12.6 Å². The second kappa shape index (κ2) is 7.19. The molecule has 0 saturated carbocycles. The Balaban J connectivity index is 2.05. The van der Waals surface area contributed by atoms with Crippen LogP contribution >= 0.6 is 0 Å². The normalized spacial score (nSPS) is 19.6. The van der Waals surface area contributed by atoms with Gasteiger partial charge in [-0.05, 0) is 37.9 Å². The number of aldehydes is 2. The Bertz CT molecular complexity index is 398. The van der Waals surface area contributed by atoms with Crippen molar-refractivity contribution in [1.82, 2.24) is 4.90 Å². The van der Waals surface area contributed by atoms with Crippen molar-refractivity contribution >= 4 is 12.6 Å². The van der Waals surface area contributed by atoms with E-state index in [2.05, 4.69) is 4.90 Å². The van der Waals surface area contributed by atoms with E-state index in [0.717, 1.165) is 44.1 Å². The minimum Gasteiger partial charge on any atom is -0.303 e. The number of hydrogen-bond donors (Lipinski definition) is 0. The number of carbonyl (C=O) groups excluding carboxylic acids is 2.